The quantitative estimate of drug-likeness (QED) is 0.173. The predicted octanol–water partition coefficient (Wildman–Crippen LogP) is 29.1. The van der Waals surface area contributed by atoms with Gasteiger partial charge in [-0.1, -0.05) is 180 Å². The van der Waals surface area contributed by atoms with Crippen LogP contribution in [0.5, 0.6) is 0 Å². The average Bonchev–Trinajstić information content (AvgIpc) is 4.60. The van der Waals surface area contributed by atoms with E-state index in [9.17, 15) is 8.78 Å². The van der Waals surface area contributed by atoms with Crippen molar-refractivity contribution in [3.63, 3.8) is 0 Å². The topological polar surface area (TPSA) is 64.5 Å². The average molecular weight is 1470 g/mol. The Hall–Kier alpha value is -4.69. The Balaban J connectivity index is 0.000000491. The molecular formula is C69H81Br2Cl2F2N5S7. The fourth-order valence-electron chi connectivity index (χ4n) is 6.68. The van der Waals surface area contributed by atoms with Crippen LogP contribution in [0.25, 0.3) is 71.3 Å². The zero-order valence-electron chi connectivity index (χ0n) is 52.5. The third kappa shape index (κ3) is 27.1. The summed E-state index contributed by atoms with van der Waals surface area (Å²) < 4.78 is 35.5. The highest BCUT2D eigenvalue weighted by Gasteiger charge is 2.05. The maximum absolute atomic E-state index is 12.8. The summed E-state index contributed by atoms with van der Waals surface area (Å²) in [4.78, 5) is 20.5. The molecule has 1 atom stereocenters. The van der Waals surface area contributed by atoms with Crippen LogP contribution in [0.2, 0.25) is 10.0 Å². The molecule has 0 bridgehead atoms. The molecular weight excluding hydrogens is 1390 g/mol. The van der Waals surface area contributed by atoms with Gasteiger partial charge in [-0.3, -0.25) is 0 Å². The molecule has 7 aromatic carbocycles. The first-order valence-electron chi connectivity index (χ1n) is 29.0. The molecule has 14 aromatic rings. The molecule has 0 fully saturated rings. The number of thiazole rings is 5. The SMILES string of the molecule is Brc1ccc2sccc2c1.Brc1cccc2ncsc12.CC.CC.CC.CC.CC.CC.CC.CCC(C)c1ccc2scnc2c1.Clc1ccc2scnc2c1.Clc1cccc2ccsc12.Fc1ccc2scnc2c1.Fc1cccc2ncsc12. The van der Waals surface area contributed by atoms with E-state index < -0.39 is 0 Å². The molecule has 0 N–H and O–H groups in total. The van der Waals surface area contributed by atoms with Gasteiger partial charge in [-0.05, 0) is 158 Å². The zero-order chi connectivity index (χ0) is 65.1. The van der Waals surface area contributed by atoms with Crippen LogP contribution in [0.1, 0.15) is 129 Å². The second kappa shape index (κ2) is 48.2. The molecule has 7 heterocycles. The van der Waals surface area contributed by atoms with Gasteiger partial charge in [-0.25, -0.2) is 33.7 Å². The van der Waals surface area contributed by atoms with Crippen molar-refractivity contribution in [2.75, 3.05) is 0 Å². The Bertz CT molecular complexity index is 3640. The lowest BCUT2D eigenvalue weighted by Crippen LogP contribution is -1.89. The number of halogens is 6. The van der Waals surface area contributed by atoms with E-state index in [4.69, 9.17) is 23.2 Å². The van der Waals surface area contributed by atoms with Crippen molar-refractivity contribution in [2.45, 2.75) is 123 Å². The van der Waals surface area contributed by atoms with Crippen molar-refractivity contribution in [3.05, 3.63) is 214 Å². The molecule has 466 valence electrons. The molecule has 0 saturated carbocycles. The van der Waals surface area contributed by atoms with Gasteiger partial charge in [0.2, 0.25) is 0 Å². The highest BCUT2D eigenvalue weighted by atomic mass is 79.9. The van der Waals surface area contributed by atoms with Crippen LogP contribution < -0.4 is 0 Å². The Morgan fingerprint density at radius 1 is 0.414 bits per heavy atom. The normalized spacial score (nSPS) is 9.72. The number of hydrogen-bond donors (Lipinski definition) is 0. The smallest absolute Gasteiger partial charge is 0.142 e. The van der Waals surface area contributed by atoms with Gasteiger partial charge in [-0.2, -0.15) is 0 Å². The fraction of sp³-hybridized carbons (Fsp3) is 0.261. The first-order valence-corrected chi connectivity index (χ1v) is 37.5. The van der Waals surface area contributed by atoms with Gasteiger partial charge in [0, 0.05) is 24.7 Å². The monoisotopic (exact) mass is 1470 g/mol. The summed E-state index contributed by atoms with van der Waals surface area (Å²) >= 11 is 29.8. The Labute approximate surface area is 570 Å². The van der Waals surface area contributed by atoms with Crippen LogP contribution in [0.3, 0.4) is 0 Å². The molecule has 18 heteroatoms. The second-order valence-corrected chi connectivity index (χ2v) is 24.2. The van der Waals surface area contributed by atoms with Crippen LogP contribution in [-0.2, 0) is 0 Å². The molecule has 0 amide bonds. The van der Waals surface area contributed by atoms with E-state index in [0.29, 0.717) is 10.6 Å². The van der Waals surface area contributed by atoms with Gasteiger partial charge in [0.05, 0.1) is 88.4 Å². The van der Waals surface area contributed by atoms with Crippen LogP contribution in [0, 0.1) is 11.6 Å². The van der Waals surface area contributed by atoms with E-state index in [1.165, 1.54) is 87.1 Å². The van der Waals surface area contributed by atoms with E-state index in [1.807, 2.05) is 162 Å². The maximum Gasteiger partial charge on any atom is 0.142 e. The molecule has 7 aromatic heterocycles. The summed E-state index contributed by atoms with van der Waals surface area (Å²) in [5, 5.41) is 8.32. The second-order valence-electron chi connectivity index (χ2n) is 15.4. The molecule has 0 saturated heterocycles. The van der Waals surface area contributed by atoms with E-state index >= 15 is 0 Å². The maximum atomic E-state index is 12.8. The molecule has 1 unspecified atom stereocenters. The highest BCUT2D eigenvalue weighted by molar-refractivity contribution is 9.11. The van der Waals surface area contributed by atoms with Gasteiger partial charge in [-0.15, -0.1) is 79.4 Å². The van der Waals surface area contributed by atoms with Crippen molar-refractivity contribution in [1.29, 1.82) is 0 Å². The Morgan fingerprint density at radius 3 is 1.46 bits per heavy atom. The first-order chi connectivity index (χ1) is 42.5. The van der Waals surface area contributed by atoms with E-state index in [1.54, 1.807) is 85.9 Å². The third-order valence-corrected chi connectivity index (χ3v) is 18.7. The van der Waals surface area contributed by atoms with Crippen molar-refractivity contribution >= 4 is 206 Å². The molecule has 0 aliphatic carbocycles. The zero-order valence-corrected chi connectivity index (χ0v) is 62.9. The molecule has 0 spiro atoms. The molecule has 0 aliphatic rings. The van der Waals surface area contributed by atoms with E-state index in [2.05, 4.69) is 136 Å². The van der Waals surface area contributed by atoms with Gasteiger partial charge >= 0.3 is 0 Å². The summed E-state index contributed by atoms with van der Waals surface area (Å²) in [5.74, 6) is 0.240. The largest absolute Gasteiger partial charge is 0.245 e. The number of benzene rings is 7. The van der Waals surface area contributed by atoms with Crippen molar-refractivity contribution in [2.24, 2.45) is 0 Å². The summed E-state index contributed by atoms with van der Waals surface area (Å²) in [5.41, 5.74) is 15.0. The minimum absolute atomic E-state index is 0.181. The van der Waals surface area contributed by atoms with Crippen molar-refractivity contribution < 1.29 is 8.78 Å². The number of fused-ring (bicyclic) bond motifs is 7. The predicted molar refractivity (Wildman–Crippen MR) is 405 cm³/mol. The minimum Gasteiger partial charge on any atom is -0.245 e. The number of aromatic nitrogens is 5. The van der Waals surface area contributed by atoms with E-state index in [0.717, 1.165) is 51.3 Å². The van der Waals surface area contributed by atoms with Crippen LogP contribution in [0.15, 0.2) is 187 Å². The number of nitrogens with zero attached hydrogens (tertiary/aromatic N) is 5. The summed E-state index contributed by atoms with van der Waals surface area (Å²) in [6.45, 7) is 32.5. The summed E-state index contributed by atoms with van der Waals surface area (Å²) in [6.07, 6.45) is 1.19. The minimum atomic E-state index is -0.224. The van der Waals surface area contributed by atoms with E-state index in [-0.39, 0.29) is 11.6 Å². The Kier molecular flexibility index (Phi) is 44.5. The van der Waals surface area contributed by atoms with Crippen molar-refractivity contribution in [3.8, 4) is 0 Å². The van der Waals surface area contributed by atoms with Gasteiger partial charge in [0.15, 0.2) is 0 Å². The molecule has 0 aliphatic heterocycles. The molecule has 5 nitrogen and oxygen atoms in total. The third-order valence-electron chi connectivity index (χ3n) is 10.6. The lowest BCUT2D eigenvalue weighted by molar-refractivity contribution is 0.629. The van der Waals surface area contributed by atoms with Crippen LogP contribution in [0.4, 0.5) is 8.78 Å². The molecule has 0 radical (unpaired) electrons. The number of hydrogen-bond acceptors (Lipinski definition) is 12. The van der Waals surface area contributed by atoms with Crippen LogP contribution >= 0.6 is 134 Å². The summed E-state index contributed by atoms with van der Waals surface area (Å²) in [7, 11) is 0. The Morgan fingerprint density at radius 2 is 0.885 bits per heavy atom. The first kappa shape index (κ1) is 80.3. The number of thiophene rings is 2. The van der Waals surface area contributed by atoms with Gasteiger partial charge < -0.3 is 0 Å². The molecule has 87 heavy (non-hydrogen) atoms. The summed E-state index contributed by atoms with van der Waals surface area (Å²) in [6, 6.07) is 44.4. The standard InChI is InChI=1S/C11H13NS.C8H5BrS.C8H5ClS.C7H4BrNS.C7H4ClNS.2C7H4FNS.7C2H6/c1-3-8(2)9-4-5-11-10(6-9)12-7-13-11;9-7-1-2-8-6(5-7)3-4-10-8;9-7-3-1-2-6-4-5-10-8(6)7;8-5-2-1-3-6-7(5)10-4-9-6;2*8-5-1-2-7-6(3-5)9-4-10-7;8-5-2-1-3-6-7(5)10-4-9-6;7*1-2/h4-8H,3H2,1-2H3;2*1-5H;4*1-4H;7*1-2H3. The lowest BCUT2D eigenvalue weighted by Gasteiger charge is -2.07. The lowest BCUT2D eigenvalue weighted by atomic mass is 9.99. The highest BCUT2D eigenvalue weighted by Crippen LogP contribution is 2.30. The van der Waals surface area contributed by atoms with Crippen molar-refractivity contribution in [1.82, 2.24) is 24.9 Å². The van der Waals surface area contributed by atoms with Gasteiger partial charge in [0.1, 0.15) is 11.6 Å². The number of rotatable bonds is 2. The van der Waals surface area contributed by atoms with Gasteiger partial charge in [0.25, 0.3) is 0 Å². The van der Waals surface area contributed by atoms with Crippen LogP contribution in [-0.4, -0.2) is 24.9 Å². The molecule has 14 rings (SSSR count). The fourth-order valence-corrected chi connectivity index (χ4v) is 13.1.